The van der Waals surface area contributed by atoms with Crippen LogP contribution in [0.25, 0.3) is 0 Å². The van der Waals surface area contributed by atoms with Gasteiger partial charge < -0.3 is 9.73 Å². The molecule has 0 radical (unpaired) electrons. The van der Waals surface area contributed by atoms with Crippen LogP contribution in [0, 0.1) is 0 Å². The highest BCUT2D eigenvalue weighted by Gasteiger charge is 2.22. The molecule has 0 atom stereocenters. The van der Waals surface area contributed by atoms with Crippen LogP contribution < -0.4 is 10.0 Å². The molecule has 134 valence electrons. The molecule has 1 aliphatic carbocycles. The summed E-state index contributed by atoms with van der Waals surface area (Å²) < 4.78 is 33.0. The molecule has 25 heavy (non-hydrogen) atoms. The largest absolute Gasteiger partial charge is 0.467 e. The fourth-order valence-corrected chi connectivity index (χ4v) is 4.35. The number of sulfonamides is 1. The van der Waals surface area contributed by atoms with Gasteiger partial charge in [-0.05, 0) is 43.2 Å². The van der Waals surface area contributed by atoms with Gasteiger partial charge in [0, 0.05) is 11.6 Å². The van der Waals surface area contributed by atoms with Crippen molar-refractivity contribution in [1.82, 2.24) is 10.0 Å². The molecular formula is C18H22N2O4S. The number of nitrogens with one attached hydrogen (secondary N) is 2. The molecule has 3 rings (SSSR count). The van der Waals surface area contributed by atoms with Gasteiger partial charge in [-0.2, -0.15) is 0 Å². The summed E-state index contributed by atoms with van der Waals surface area (Å²) in [6.45, 7) is 0.253. The van der Waals surface area contributed by atoms with Gasteiger partial charge >= 0.3 is 0 Å². The van der Waals surface area contributed by atoms with Gasteiger partial charge in [0.05, 0.1) is 17.7 Å². The van der Waals surface area contributed by atoms with Crippen molar-refractivity contribution in [3.05, 3.63) is 54.0 Å². The molecule has 1 aromatic heterocycles. The first-order chi connectivity index (χ1) is 12.0. The summed E-state index contributed by atoms with van der Waals surface area (Å²) in [6, 6.07) is 9.57. The van der Waals surface area contributed by atoms with E-state index in [1.807, 2.05) is 0 Å². The first kappa shape index (κ1) is 17.7. The maximum Gasteiger partial charge on any atom is 0.251 e. The third-order valence-electron chi connectivity index (χ3n) is 4.34. The molecule has 1 heterocycles. The van der Waals surface area contributed by atoms with Gasteiger partial charge in [0.25, 0.3) is 5.91 Å². The molecule has 1 aromatic carbocycles. The van der Waals surface area contributed by atoms with Crippen molar-refractivity contribution in [2.24, 2.45) is 0 Å². The molecule has 1 fully saturated rings. The molecule has 7 heteroatoms. The van der Waals surface area contributed by atoms with Crippen LogP contribution in [0.15, 0.2) is 52.0 Å². The van der Waals surface area contributed by atoms with Crippen molar-refractivity contribution >= 4 is 15.9 Å². The van der Waals surface area contributed by atoms with E-state index in [4.69, 9.17) is 4.42 Å². The van der Waals surface area contributed by atoms with E-state index in [0.717, 1.165) is 32.1 Å². The summed E-state index contributed by atoms with van der Waals surface area (Å²) in [5.74, 6) is 0.294. The van der Waals surface area contributed by atoms with Crippen molar-refractivity contribution < 1.29 is 17.6 Å². The van der Waals surface area contributed by atoms with Crippen LogP contribution >= 0.6 is 0 Å². The van der Waals surface area contributed by atoms with E-state index >= 15 is 0 Å². The molecule has 0 saturated heterocycles. The van der Waals surface area contributed by atoms with Crippen LogP contribution in [0.5, 0.6) is 0 Å². The fourth-order valence-electron chi connectivity index (χ4n) is 3.00. The molecule has 1 amide bonds. The number of rotatable bonds is 6. The lowest BCUT2D eigenvalue weighted by molar-refractivity contribution is 0.0948. The molecule has 0 bridgehead atoms. The third-order valence-corrected chi connectivity index (χ3v) is 5.85. The van der Waals surface area contributed by atoms with Gasteiger partial charge in [-0.15, -0.1) is 0 Å². The molecule has 0 unspecified atom stereocenters. The van der Waals surface area contributed by atoms with Gasteiger partial charge in [-0.3, -0.25) is 4.79 Å². The predicted molar refractivity (Wildman–Crippen MR) is 93.5 cm³/mol. The van der Waals surface area contributed by atoms with E-state index in [1.54, 1.807) is 24.3 Å². The highest BCUT2D eigenvalue weighted by Crippen LogP contribution is 2.20. The van der Waals surface area contributed by atoms with E-state index in [-0.39, 0.29) is 23.4 Å². The summed E-state index contributed by atoms with van der Waals surface area (Å²) in [6.07, 6.45) is 6.51. The maximum absolute atomic E-state index is 12.6. The Morgan fingerprint density at radius 2 is 1.92 bits per heavy atom. The van der Waals surface area contributed by atoms with Crippen LogP contribution in [-0.2, 0) is 16.6 Å². The summed E-state index contributed by atoms with van der Waals surface area (Å²) in [5, 5.41) is 2.71. The second-order valence-electron chi connectivity index (χ2n) is 6.25. The number of amides is 1. The van der Waals surface area contributed by atoms with Crippen molar-refractivity contribution in [3.63, 3.8) is 0 Å². The Kier molecular flexibility index (Phi) is 5.55. The Hall–Kier alpha value is -2.12. The second-order valence-corrected chi connectivity index (χ2v) is 7.96. The number of carbonyl (C=O) groups is 1. The molecule has 1 saturated carbocycles. The van der Waals surface area contributed by atoms with Crippen LogP contribution in [0.1, 0.15) is 48.2 Å². The van der Waals surface area contributed by atoms with Crippen LogP contribution in [0.3, 0.4) is 0 Å². The van der Waals surface area contributed by atoms with Crippen LogP contribution in [0.4, 0.5) is 0 Å². The number of hydrogen-bond acceptors (Lipinski definition) is 4. The topological polar surface area (TPSA) is 88.4 Å². The molecule has 2 N–H and O–H groups in total. The average Bonchev–Trinajstić information content (AvgIpc) is 3.14. The van der Waals surface area contributed by atoms with E-state index in [1.165, 1.54) is 18.4 Å². The number of furan rings is 1. The quantitative estimate of drug-likeness (QED) is 0.827. The Bertz CT molecular complexity index is 809. The molecule has 0 spiro atoms. The van der Waals surface area contributed by atoms with Crippen molar-refractivity contribution in [2.75, 3.05) is 0 Å². The number of benzene rings is 1. The third kappa shape index (κ3) is 4.70. The monoisotopic (exact) mass is 362 g/mol. The van der Waals surface area contributed by atoms with Gasteiger partial charge in [-0.25, -0.2) is 13.1 Å². The first-order valence-electron chi connectivity index (χ1n) is 8.47. The normalized spacial score (nSPS) is 15.8. The summed E-state index contributed by atoms with van der Waals surface area (Å²) in [7, 11) is -3.62. The number of hydrogen-bond donors (Lipinski definition) is 2. The molecule has 6 nitrogen and oxygen atoms in total. The molecular weight excluding hydrogens is 340 g/mol. The van der Waals surface area contributed by atoms with Crippen molar-refractivity contribution in [2.45, 2.75) is 49.6 Å². The Balaban J connectivity index is 1.68. The minimum Gasteiger partial charge on any atom is -0.467 e. The zero-order chi connectivity index (χ0) is 17.7. The summed E-state index contributed by atoms with van der Waals surface area (Å²) >= 11 is 0. The summed E-state index contributed by atoms with van der Waals surface area (Å²) in [5.41, 5.74) is 0.304. The first-order valence-corrected chi connectivity index (χ1v) is 9.96. The second kappa shape index (κ2) is 7.84. The highest BCUT2D eigenvalue weighted by atomic mass is 32.2. The minimum absolute atomic E-state index is 0.0183. The molecule has 1 aliphatic rings. The smallest absolute Gasteiger partial charge is 0.251 e. The maximum atomic E-state index is 12.6. The van der Waals surface area contributed by atoms with Crippen LogP contribution in [0.2, 0.25) is 0 Å². The predicted octanol–water partition coefficient (Wildman–Crippen LogP) is 2.82. The standard InChI is InChI=1S/C18H22N2O4S/c21-18(19-13-16-9-5-11-24-16)14-6-4-10-17(12-14)25(22,23)20-15-7-2-1-3-8-15/h4-6,9-12,15,20H,1-3,7-8,13H2,(H,19,21). The summed E-state index contributed by atoms with van der Waals surface area (Å²) in [4.78, 5) is 12.4. The van der Waals surface area contributed by atoms with Crippen molar-refractivity contribution in [3.8, 4) is 0 Å². The lowest BCUT2D eigenvalue weighted by Crippen LogP contribution is -2.36. The number of carbonyl (C=O) groups excluding carboxylic acids is 1. The fraction of sp³-hybridized carbons (Fsp3) is 0.389. The minimum atomic E-state index is -3.62. The zero-order valence-corrected chi connectivity index (χ0v) is 14.7. The van der Waals surface area contributed by atoms with E-state index in [0.29, 0.717) is 11.3 Å². The van der Waals surface area contributed by atoms with Gasteiger partial charge in [0.1, 0.15) is 5.76 Å². The van der Waals surface area contributed by atoms with Gasteiger partial charge in [0.2, 0.25) is 10.0 Å². The Labute approximate surface area is 147 Å². The van der Waals surface area contributed by atoms with E-state index < -0.39 is 10.0 Å². The van der Waals surface area contributed by atoms with Crippen LogP contribution in [-0.4, -0.2) is 20.4 Å². The molecule has 0 aliphatic heterocycles. The van der Waals surface area contributed by atoms with E-state index in [9.17, 15) is 13.2 Å². The zero-order valence-electron chi connectivity index (χ0n) is 13.9. The lowest BCUT2D eigenvalue weighted by atomic mass is 9.96. The SMILES string of the molecule is O=C(NCc1ccco1)c1cccc(S(=O)(=O)NC2CCCCC2)c1. The Morgan fingerprint density at radius 1 is 1.12 bits per heavy atom. The lowest BCUT2D eigenvalue weighted by Gasteiger charge is -2.22. The average molecular weight is 362 g/mol. The van der Waals surface area contributed by atoms with Gasteiger partial charge in [0.15, 0.2) is 0 Å². The van der Waals surface area contributed by atoms with E-state index in [2.05, 4.69) is 10.0 Å². The molecule has 2 aromatic rings. The Morgan fingerprint density at radius 3 is 2.64 bits per heavy atom. The highest BCUT2D eigenvalue weighted by molar-refractivity contribution is 7.89. The van der Waals surface area contributed by atoms with Crippen molar-refractivity contribution in [1.29, 1.82) is 0 Å². The van der Waals surface area contributed by atoms with Gasteiger partial charge in [-0.1, -0.05) is 25.3 Å².